The molecule has 63 heavy (non-hydrogen) atoms. The van der Waals surface area contributed by atoms with Crippen molar-refractivity contribution in [3.05, 3.63) is 97.2 Å². The maximum atomic E-state index is 12.7. The molecule has 0 radical (unpaired) electrons. The minimum Gasteiger partial charge on any atom is -0.462 e. The molecule has 0 spiro atoms. The predicted molar refractivity (Wildman–Crippen MR) is 270 cm³/mol. The lowest BCUT2D eigenvalue weighted by molar-refractivity contribution is -0.167. The van der Waals surface area contributed by atoms with Crippen molar-refractivity contribution in [1.82, 2.24) is 0 Å². The first-order valence-electron chi connectivity index (χ1n) is 25.7. The quantitative estimate of drug-likeness (QED) is 0.0262. The van der Waals surface area contributed by atoms with Crippen LogP contribution >= 0.6 is 0 Å². The van der Waals surface area contributed by atoms with Gasteiger partial charge >= 0.3 is 17.9 Å². The van der Waals surface area contributed by atoms with Gasteiger partial charge in [0.15, 0.2) is 6.10 Å². The highest BCUT2D eigenvalue weighted by Gasteiger charge is 2.19. The average molecular weight is 875 g/mol. The van der Waals surface area contributed by atoms with Crippen LogP contribution in [0.25, 0.3) is 0 Å². The van der Waals surface area contributed by atoms with Gasteiger partial charge in [0.25, 0.3) is 0 Å². The van der Waals surface area contributed by atoms with Gasteiger partial charge in [-0.1, -0.05) is 208 Å². The van der Waals surface area contributed by atoms with E-state index in [0.29, 0.717) is 12.8 Å². The van der Waals surface area contributed by atoms with E-state index in [-0.39, 0.29) is 37.5 Å². The number of hydrogen-bond acceptors (Lipinski definition) is 6. The Hall–Kier alpha value is -3.67. The summed E-state index contributed by atoms with van der Waals surface area (Å²) in [7, 11) is 0. The maximum Gasteiger partial charge on any atom is 0.306 e. The van der Waals surface area contributed by atoms with Crippen molar-refractivity contribution in [1.29, 1.82) is 0 Å². The highest BCUT2D eigenvalue weighted by Crippen LogP contribution is 2.14. The van der Waals surface area contributed by atoms with Crippen molar-refractivity contribution in [3.8, 4) is 0 Å². The molecule has 0 rings (SSSR count). The summed E-state index contributed by atoms with van der Waals surface area (Å²) >= 11 is 0. The van der Waals surface area contributed by atoms with Crippen LogP contribution in [0.15, 0.2) is 97.2 Å². The molecule has 0 bridgehead atoms. The van der Waals surface area contributed by atoms with Gasteiger partial charge in [-0.2, -0.15) is 0 Å². The van der Waals surface area contributed by atoms with Crippen LogP contribution in [-0.4, -0.2) is 37.2 Å². The van der Waals surface area contributed by atoms with Crippen molar-refractivity contribution >= 4 is 17.9 Å². The van der Waals surface area contributed by atoms with Crippen LogP contribution in [0, 0.1) is 0 Å². The molecule has 0 saturated heterocycles. The van der Waals surface area contributed by atoms with E-state index in [1.54, 1.807) is 0 Å². The van der Waals surface area contributed by atoms with E-state index in [1.165, 1.54) is 64.2 Å². The maximum absolute atomic E-state index is 12.7. The van der Waals surface area contributed by atoms with Gasteiger partial charge in [-0.3, -0.25) is 14.4 Å². The molecule has 0 aromatic carbocycles. The SMILES string of the molecule is CC/C=C\C/C=C\C/C=C\C/C=C\C/C=C\CCCCCCCCCC(=O)OCC(COC(=O)CCCCCCCCCCC)OC(=O)CCCCC/C=C\C/C=C\C/C=C\CC. The molecule has 0 aliphatic rings. The molecule has 0 fully saturated rings. The fourth-order valence-electron chi connectivity index (χ4n) is 6.78. The molecule has 1 unspecified atom stereocenters. The average Bonchev–Trinajstić information content (AvgIpc) is 3.28. The number of hydrogen-bond donors (Lipinski definition) is 0. The minimum atomic E-state index is -0.795. The normalized spacial score (nSPS) is 12.9. The first kappa shape index (κ1) is 59.3. The number of carbonyl (C=O) groups is 3. The highest BCUT2D eigenvalue weighted by atomic mass is 16.6. The van der Waals surface area contributed by atoms with E-state index >= 15 is 0 Å². The second-order valence-electron chi connectivity index (χ2n) is 16.7. The molecular weight excluding hydrogens is 781 g/mol. The molecule has 6 nitrogen and oxygen atoms in total. The van der Waals surface area contributed by atoms with Crippen molar-refractivity contribution in [2.24, 2.45) is 0 Å². The number of unbranched alkanes of at least 4 members (excludes halogenated alkanes) is 18. The second kappa shape index (κ2) is 51.0. The molecule has 0 aliphatic heterocycles. The van der Waals surface area contributed by atoms with Gasteiger partial charge in [-0.25, -0.2) is 0 Å². The molecular formula is C57H94O6. The topological polar surface area (TPSA) is 78.9 Å². The Labute approximate surface area is 387 Å². The van der Waals surface area contributed by atoms with Gasteiger partial charge in [0.05, 0.1) is 0 Å². The Morgan fingerprint density at radius 1 is 0.333 bits per heavy atom. The van der Waals surface area contributed by atoms with E-state index in [4.69, 9.17) is 14.2 Å². The van der Waals surface area contributed by atoms with Crippen molar-refractivity contribution in [2.75, 3.05) is 13.2 Å². The lowest BCUT2D eigenvalue weighted by Gasteiger charge is -2.18. The van der Waals surface area contributed by atoms with Gasteiger partial charge in [-0.15, -0.1) is 0 Å². The summed E-state index contributed by atoms with van der Waals surface area (Å²) in [4.78, 5) is 37.9. The number of ether oxygens (including phenoxy) is 3. The molecule has 1 atom stereocenters. The smallest absolute Gasteiger partial charge is 0.306 e. The van der Waals surface area contributed by atoms with Gasteiger partial charge < -0.3 is 14.2 Å². The Kier molecular flexibility index (Phi) is 48.0. The number of carbonyl (C=O) groups excluding carboxylic acids is 3. The van der Waals surface area contributed by atoms with Crippen LogP contribution in [0.1, 0.15) is 226 Å². The lowest BCUT2D eigenvalue weighted by atomic mass is 10.1. The Bertz CT molecular complexity index is 1280. The third-order valence-corrected chi connectivity index (χ3v) is 10.6. The summed E-state index contributed by atoms with van der Waals surface area (Å²) in [6.45, 7) is 6.34. The van der Waals surface area contributed by atoms with Crippen molar-refractivity contribution in [2.45, 2.75) is 232 Å². The van der Waals surface area contributed by atoms with Crippen LogP contribution in [0.4, 0.5) is 0 Å². The number of esters is 3. The second-order valence-corrected chi connectivity index (χ2v) is 16.7. The molecule has 0 aromatic rings. The fourth-order valence-corrected chi connectivity index (χ4v) is 6.78. The first-order valence-corrected chi connectivity index (χ1v) is 25.7. The zero-order chi connectivity index (χ0) is 45.8. The van der Waals surface area contributed by atoms with Crippen LogP contribution in [0.2, 0.25) is 0 Å². The molecule has 0 amide bonds. The van der Waals surface area contributed by atoms with Gasteiger partial charge in [0.2, 0.25) is 0 Å². The van der Waals surface area contributed by atoms with Gasteiger partial charge in [0.1, 0.15) is 13.2 Å². The van der Waals surface area contributed by atoms with E-state index < -0.39 is 6.10 Å². The summed E-state index contributed by atoms with van der Waals surface area (Å²) in [5, 5.41) is 0. The van der Waals surface area contributed by atoms with Gasteiger partial charge in [-0.05, 0) is 96.3 Å². The van der Waals surface area contributed by atoms with E-state index in [9.17, 15) is 14.4 Å². The Morgan fingerprint density at radius 3 is 0.984 bits per heavy atom. The van der Waals surface area contributed by atoms with E-state index in [1.807, 2.05) is 0 Å². The molecule has 0 aliphatic carbocycles. The summed E-state index contributed by atoms with van der Waals surface area (Å²) in [5.74, 6) is -0.941. The highest BCUT2D eigenvalue weighted by molar-refractivity contribution is 5.71. The first-order chi connectivity index (χ1) is 31.0. The summed E-state index contributed by atoms with van der Waals surface area (Å²) < 4.78 is 16.7. The van der Waals surface area contributed by atoms with Crippen LogP contribution in [0.3, 0.4) is 0 Å². The van der Waals surface area contributed by atoms with Crippen LogP contribution in [0.5, 0.6) is 0 Å². The van der Waals surface area contributed by atoms with Crippen LogP contribution in [-0.2, 0) is 28.6 Å². The summed E-state index contributed by atoms with van der Waals surface area (Å²) in [6, 6.07) is 0. The van der Waals surface area contributed by atoms with E-state index in [0.717, 1.165) is 122 Å². The zero-order valence-electron chi connectivity index (χ0n) is 40.8. The summed E-state index contributed by atoms with van der Waals surface area (Å²) in [5.41, 5.74) is 0. The zero-order valence-corrected chi connectivity index (χ0v) is 40.8. The lowest BCUT2D eigenvalue weighted by Crippen LogP contribution is -2.30. The van der Waals surface area contributed by atoms with Crippen molar-refractivity contribution in [3.63, 3.8) is 0 Å². The standard InChI is InChI=1S/C57H94O6/c1-4-7-10-13-16-19-21-23-24-25-26-27-28-29-30-31-32-34-35-38-41-44-47-50-56(59)62-53-54(52-61-55(58)49-46-43-40-37-18-15-12-9-6-3)63-57(60)51-48-45-42-39-36-33-22-20-17-14-11-8-5-2/h7-8,10-11,16-17,19-20,23-24,26-27,29-30,33,36,54H,4-6,9,12-15,18,21-22,25,28,31-32,34-35,37-53H2,1-3H3/b10-7-,11-8-,19-16-,20-17-,24-23-,27-26-,30-29-,36-33-. The Balaban J connectivity index is 4.33. The summed E-state index contributed by atoms with van der Waals surface area (Å²) in [6.07, 6.45) is 66.9. The third-order valence-electron chi connectivity index (χ3n) is 10.6. The fraction of sp³-hybridized carbons (Fsp3) is 0.667. The molecule has 0 N–H and O–H groups in total. The number of rotatable bonds is 45. The van der Waals surface area contributed by atoms with Crippen LogP contribution < -0.4 is 0 Å². The monoisotopic (exact) mass is 875 g/mol. The van der Waals surface area contributed by atoms with E-state index in [2.05, 4.69) is 118 Å². The third kappa shape index (κ3) is 49.2. The Morgan fingerprint density at radius 2 is 0.619 bits per heavy atom. The van der Waals surface area contributed by atoms with Crippen molar-refractivity contribution < 1.29 is 28.6 Å². The number of allylic oxidation sites excluding steroid dienone is 16. The largest absolute Gasteiger partial charge is 0.462 e. The molecule has 6 heteroatoms. The van der Waals surface area contributed by atoms with Gasteiger partial charge in [0, 0.05) is 19.3 Å². The predicted octanol–water partition coefficient (Wildman–Crippen LogP) is 17.0. The molecule has 358 valence electrons. The molecule has 0 saturated carbocycles. The minimum absolute atomic E-state index is 0.0928. The molecule has 0 aromatic heterocycles. The molecule has 0 heterocycles.